The lowest BCUT2D eigenvalue weighted by molar-refractivity contribution is -0.123. The number of amides is 1. The van der Waals surface area contributed by atoms with Gasteiger partial charge in [-0.1, -0.05) is 39.3 Å². The number of carbonyl (C=O) groups excluding carboxylic acids is 1. The molecule has 5 nitrogen and oxygen atoms in total. The third-order valence-electron chi connectivity index (χ3n) is 3.90. The zero-order valence-electron chi connectivity index (χ0n) is 14.5. The van der Waals surface area contributed by atoms with Gasteiger partial charge in [0.25, 0.3) is 0 Å². The largest absolute Gasteiger partial charge is 0.354 e. The lowest BCUT2D eigenvalue weighted by Crippen LogP contribution is -2.47. The Balaban J connectivity index is 2.16. The SMILES string of the molecule is CCCc1ccc(S(=O)(=O)N2CSCC2C(=O)NCC(C)C)cc1. The van der Waals surface area contributed by atoms with E-state index in [1.165, 1.54) is 16.1 Å². The van der Waals surface area contributed by atoms with Gasteiger partial charge in [0.1, 0.15) is 6.04 Å². The molecule has 1 aliphatic heterocycles. The van der Waals surface area contributed by atoms with Crippen molar-refractivity contribution in [1.82, 2.24) is 9.62 Å². The number of thioether (sulfide) groups is 1. The quantitative estimate of drug-likeness (QED) is 0.801. The number of carbonyl (C=O) groups is 1. The monoisotopic (exact) mass is 370 g/mol. The van der Waals surface area contributed by atoms with E-state index in [0.717, 1.165) is 18.4 Å². The van der Waals surface area contributed by atoms with Crippen LogP contribution in [0, 0.1) is 5.92 Å². The van der Waals surface area contributed by atoms with E-state index in [0.29, 0.717) is 24.1 Å². The lowest BCUT2D eigenvalue weighted by Gasteiger charge is -2.23. The molecule has 1 fully saturated rings. The molecule has 7 heteroatoms. The van der Waals surface area contributed by atoms with Gasteiger partial charge in [-0.05, 0) is 30.0 Å². The predicted molar refractivity (Wildman–Crippen MR) is 98.4 cm³/mol. The van der Waals surface area contributed by atoms with Crippen LogP contribution in [0.4, 0.5) is 0 Å². The van der Waals surface area contributed by atoms with E-state index < -0.39 is 16.1 Å². The first-order valence-corrected chi connectivity index (χ1v) is 10.9. The van der Waals surface area contributed by atoms with Gasteiger partial charge in [0.05, 0.1) is 10.8 Å². The Hall–Kier alpha value is -1.05. The van der Waals surface area contributed by atoms with Crippen molar-refractivity contribution in [2.24, 2.45) is 5.92 Å². The summed E-state index contributed by atoms with van der Waals surface area (Å²) in [5, 5.41) is 2.85. The Bertz CT molecular complexity index is 657. The van der Waals surface area contributed by atoms with Gasteiger partial charge in [-0.15, -0.1) is 11.8 Å². The van der Waals surface area contributed by atoms with Crippen LogP contribution in [-0.2, 0) is 21.2 Å². The zero-order chi connectivity index (χ0) is 17.7. The van der Waals surface area contributed by atoms with Crippen LogP contribution in [0.1, 0.15) is 32.8 Å². The number of nitrogens with one attached hydrogen (secondary N) is 1. The Morgan fingerprint density at radius 1 is 1.33 bits per heavy atom. The Kier molecular flexibility index (Phi) is 6.71. The number of aryl methyl sites for hydroxylation is 1. The van der Waals surface area contributed by atoms with Crippen molar-refractivity contribution in [3.8, 4) is 0 Å². The van der Waals surface area contributed by atoms with Crippen LogP contribution in [0.15, 0.2) is 29.2 Å². The summed E-state index contributed by atoms with van der Waals surface area (Å²) < 4.78 is 27.1. The van der Waals surface area contributed by atoms with Crippen molar-refractivity contribution in [3.05, 3.63) is 29.8 Å². The van der Waals surface area contributed by atoms with Gasteiger partial charge < -0.3 is 5.32 Å². The van der Waals surface area contributed by atoms with Crippen molar-refractivity contribution in [1.29, 1.82) is 0 Å². The minimum Gasteiger partial charge on any atom is -0.354 e. The highest BCUT2D eigenvalue weighted by atomic mass is 32.2. The van der Waals surface area contributed by atoms with Gasteiger partial charge in [-0.2, -0.15) is 4.31 Å². The first-order chi connectivity index (χ1) is 11.4. The fourth-order valence-electron chi connectivity index (χ4n) is 2.55. The fraction of sp³-hybridized carbons (Fsp3) is 0.588. The van der Waals surface area contributed by atoms with Crippen LogP contribution in [0.2, 0.25) is 0 Å². The highest BCUT2D eigenvalue weighted by molar-refractivity contribution is 8.00. The van der Waals surface area contributed by atoms with Crippen LogP contribution >= 0.6 is 11.8 Å². The Labute approximate surface area is 149 Å². The summed E-state index contributed by atoms with van der Waals surface area (Å²) in [6.45, 7) is 6.66. The van der Waals surface area contributed by atoms with Crippen molar-refractivity contribution in [3.63, 3.8) is 0 Å². The Morgan fingerprint density at radius 3 is 2.58 bits per heavy atom. The predicted octanol–water partition coefficient (Wildman–Crippen LogP) is 2.47. The maximum absolute atomic E-state index is 12.9. The molecule has 1 atom stereocenters. The molecule has 0 spiro atoms. The third kappa shape index (κ3) is 4.52. The average molecular weight is 371 g/mol. The molecular formula is C17H26N2O3S2. The van der Waals surface area contributed by atoms with Crippen LogP contribution in [-0.4, -0.2) is 42.8 Å². The molecule has 0 aromatic heterocycles. The molecule has 0 aliphatic carbocycles. The number of hydrogen-bond acceptors (Lipinski definition) is 4. The first kappa shape index (κ1) is 19.3. The third-order valence-corrected chi connectivity index (χ3v) is 6.94. The highest BCUT2D eigenvalue weighted by Crippen LogP contribution is 2.28. The topological polar surface area (TPSA) is 66.5 Å². The number of sulfonamides is 1. The first-order valence-electron chi connectivity index (χ1n) is 8.32. The van der Waals surface area contributed by atoms with Gasteiger partial charge in [-0.25, -0.2) is 8.42 Å². The van der Waals surface area contributed by atoms with E-state index in [-0.39, 0.29) is 10.8 Å². The van der Waals surface area contributed by atoms with E-state index in [9.17, 15) is 13.2 Å². The lowest BCUT2D eigenvalue weighted by atomic mass is 10.1. The molecule has 1 aliphatic rings. The molecule has 1 N–H and O–H groups in total. The summed E-state index contributed by atoms with van der Waals surface area (Å²) >= 11 is 1.47. The van der Waals surface area contributed by atoms with Gasteiger partial charge in [0.15, 0.2) is 0 Å². The maximum Gasteiger partial charge on any atom is 0.244 e. The Morgan fingerprint density at radius 2 is 2.00 bits per heavy atom. The van der Waals surface area contributed by atoms with E-state index in [1.807, 2.05) is 26.0 Å². The maximum atomic E-state index is 12.9. The molecule has 0 radical (unpaired) electrons. The summed E-state index contributed by atoms with van der Waals surface area (Å²) in [6.07, 6.45) is 1.95. The van der Waals surface area contributed by atoms with Crippen LogP contribution in [0.3, 0.4) is 0 Å². The fourth-order valence-corrected chi connectivity index (χ4v) is 5.69. The van der Waals surface area contributed by atoms with Crippen molar-refractivity contribution in [2.75, 3.05) is 18.2 Å². The van der Waals surface area contributed by atoms with Crippen LogP contribution < -0.4 is 5.32 Å². The number of rotatable bonds is 7. The molecule has 24 heavy (non-hydrogen) atoms. The molecule has 0 bridgehead atoms. The minimum absolute atomic E-state index is 0.208. The molecule has 1 saturated heterocycles. The van der Waals surface area contributed by atoms with E-state index in [2.05, 4.69) is 12.2 Å². The average Bonchev–Trinajstić information content (AvgIpc) is 3.04. The van der Waals surface area contributed by atoms with Gasteiger partial charge >= 0.3 is 0 Å². The summed E-state index contributed by atoms with van der Waals surface area (Å²) in [5.41, 5.74) is 1.12. The molecule has 1 aromatic carbocycles. The number of hydrogen-bond donors (Lipinski definition) is 1. The summed E-state index contributed by atoms with van der Waals surface area (Å²) in [4.78, 5) is 12.6. The van der Waals surface area contributed by atoms with Gasteiger partial charge in [0, 0.05) is 12.3 Å². The molecular weight excluding hydrogens is 344 g/mol. The standard InChI is InChI=1S/C17H26N2O3S2/c1-4-5-14-6-8-15(9-7-14)24(21,22)19-12-23-11-16(19)17(20)18-10-13(2)3/h6-9,13,16H,4-5,10-12H2,1-3H3,(H,18,20). The summed E-state index contributed by atoms with van der Waals surface area (Å²) in [5.74, 6) is 0.939. The highest BCUT2D eigenvalue weighted by Gasteiger charge is 2.39. The molecule has 1 heterocycles. The molecule has 0 saturated carbocycles. The van der Waals surface area contributed by atoms with Crippen LogP contribution in [0.25, 0.3) is 0 Å². The molecule has 2 rings (SSSR count). The summed E-state index contributed by atoms with van der Waals surface area (Å²) in [7, 11) is -3.65. The van der Waals surface area contributed by atoms with Crippen LogP contribution in [0.5, 0.6) is 0 Å². The van der Waals surface area contributed by atoms with E-state index in [1.54, 1.807) is 12.1 Å². The second kappa shape index (κ2) is 8.36. The molecule has 134 valence electrons. The van der Waals surface area contributed by atoms with Crippen molar-refractivity contribution in [2.45, 2.75) is 44.6 Å². The van der Waals surface area contributed by atoms with Crippen molar-refractivity contribution < 1.29 is 13.2 Å². The molecule has 1 aromatic rings. The number of benzene rings is 1. The van der Waals surface area contributed by atoms with E-state index in [4.69, 9.17) is 0 Å². The molecule has 1 unspecified atom stereocenters. The summed E-state index contributed by atoms with van der Waals surface area (Å²) in [6, 6.07) is 6.37. The normalized spacial score (nSPS) is 18.9. The smallest absolute Gasteiger partial charge is 0.244 e. The van der Waals surface area contributed by atoms with E-state index >= 15 is 0 Å². The zero-order valence-corrected chi connectivity index (χ0v) is 16.1. The van der Waals surface area contributed by atoms with Crippen molar-refractivity contribution >= 4 is 27.7 Å². The van der Waals surface area contributed by atoms with Gasteiger partial charge in [0.2, 0.25) is 15.9 Å². The molecule has 1 amide bonds. The minimum atomic E-state index is -3.65. The van der Waals surface area contributed by atoms with Gasteiger partial charge in [-0.3, -0.25) is 4.79 Å². The number of nitrogens with zero attached hydrogens (tertiary/aromatic N) is 1. The second-order valence-electron chi connectivity index (χ2n) is 6.44. The second-order valence-corrected chi connectivity index (χ2v) is 9.33.